The third-order valence-electron chi connectivity index (χ3n) is 4.02. The van der Waals surface area contributed by atoms with Gasteiger partial charge in [-0.05, 0) is 43.9 Å². The maximum absolute atomic E-state index is 12.3. The van der Waals surface area contributed by atoms with E-state index >= 15 is 0 Å². The van der Waals surface area contributed by atoms with Gasteiger partial charge in [-0.15, -0.1) is 11.3 Å². The lowest BCUT2D eigenvalue weighted by atomic mass is 10.1. The maximum atomic E-state index is 12.3. The number of para-hydroxylation sites is 1. The molecule has 0 bridgehead atoms. The number of thiophene rings is 1. The summed E-state index contributed by atoms with van der Waals surface area (Å²) < 4.78 is 10.6. The van der Waals surface area contributed by atoms with Crippen molar-refractivity contribution < 1.29 is 19.1 Å². The van der Waals surface area contributed by atoms with Gasteiger partial charge >= 0.3 is 5.97 Å². The first-order chi connectivity index (χ1) is 12.6. The van der Waals surface area contributed by atoms with Crippen molar-refractivity contribution in [3.8, 4) is 11.8 Å². The lowest BCUT2D eigenvalue weighted by molar-refractivity contribution is -0.118. The zero-order valence-electron chi connectivity index (χ0n) is 14.3. The van der Waals surface area contributed by atoms with E-state index in [0.717, 1.165) is 29.7 Å². The van der Waals surface area contributed by atoms with Gasteiger partial charge in [0.15, 0.2) is 6.61 Å². The molecule has 0 saturated heterocycles. The van der Waals surface area contributed by atoms with Crippen LogP contribution >= 0.6 is 11.3 Å². The molecule has 0 radical (unpaired) electrons. The maximum Gasteiger partial charge on any atom is 0.341 e. The first kappa shape index (κ1) is 18.0. The van der Waals surface area contributed by atoms with Crippen LogP contribution in [-0.2, 0) is 22.4 Å². The standard InChI is InChI=1S/C19H18N2O4S/c1-2-24-19(23)17-13-7-5-9-15(13)26-18(17)21-16(22)11-25-14-8-4-3-6-12(14)10-20/h3-4,6,8H,2,5,7,9,11H2,1H3,(H,21,22). The number of aryl methyl sites for hydroxylation is 1. The summed E-state index contributed by atoms with van der Waals surface area (Å²) in [6.07, 6.45) is 2.74. The first-order valence-corrected chi connectivity index (χ1v) is 9.19. The number of nitriles is 1. The number of benzene rings is 1. The zero-order chi connectivity index (χ0) is 18.5. The van der Waals surface area contributed by atoms with E-state index in [9.17, 15) is 9.59 Å². The summed E-state index contributed by atoms with van der Waals surface area (Å²) in [7, 11) is 0. The van der Waals surface area contributed by atoms with Gasteiger partial charge in [-0.25, -0.2) is 4.79 Å². The molecule has 1 N–H and O–H groups in total. The third kappa shape index (κ3) is 3.70. The summed E-state index contributed by atoms with van der Waals surface area (Å²) in [6.45, 7) is 1.79. The van der Waals surface area contributed by atoms with Crippen LogP contribution in [-0.4, -0.2) is 25.1 Å². The van der Waals surface area contributed by atoms with Crippen molar-refractivity contribution in [3.63, 3.8) is 0 Å². The molecule has 0 aliphatic heterocycles. The molecule has 1 aliphatic rings. The molecule has 3 rings (SSSR count). The van der Waals surface area contributed by atoms with Crippen LogP contribution in [0.4, 0.5) is 5.00 Å². The highest BCUT2D eigenvalue weighted by atomic mass is 32.1. The quantitative estimate of drug-likeness (QED) is 0.788. The van der Waals surface area contributed by atoms with Gasteiger partial charge in [0.05, 0.1) is 17.7 Å². The van der Waals surface area contributed by atoms with Gasteiger partial charge in [0.1, 0.15) is 16.8 Å². The van der Waals surface area contributed by atoms with E-state index in [1.165, 1.54) is 11.3 Å². The molecule has 0 unspecified atom stereocenters. The molecular formula is C19H18N2O4S. The molecule has 134 valence electrons. The molecule has 1 aromatic heterocycles. The molecule has 0 fully saturated rings. The Hall–Kier alpha value is -2.85. The van der Waals surface area contributed by atoms with E-state index in [2.05, 4.69) is 5.32 Å². The highest BCUT2D eigenvalue weighted by molar-refractivity contribution is 7.17. The number of amides is 1. The molecule has 0 saturated carbocycles. The predicted octanol–water partition coefficient (Wildman–Crippen LogP) is 3.30. The van der Waals surface area contributed by atoms with Crippen LogP contribution in [0.3, 0.4) is 0 Å². The smallest absolute Gasteiger partial charge is 0.341 e. The Bertz CT molecular complexity index is 882. The second-order valence-corrected chi connectivity index (χ2v) is 6.83. The zero-order valence-corrected chi connectivity index (χ0v) is 15.1. The van der Waals surface area contributed by atoms with Gasteiger partial charge in [-0.3, -0.25) is 4.79 Å². The Morgan fingerprint density at radius 2 is 2.12 bits per heavy atom. The number of esters is 1. The van der Waals surface area contributed by atoms with Crippen LogP contribution in [0.25, 0.3) is 0 Å². The summed E-state index contributed by atoms with van der Waals surface area (Å²) >= 11 is 1.42. The fourth-order valence-electron chi connectivity index (χ4n) is 2.90. The van der Waals surface area contributed by atoms with E-state index in [1.807, 2.05) is 6.07 Å². The van der Waals surface area contributed by atoms with Crippen molar-refractivity contribution in [2.75, 3.05) is 18.5 Å². The van der Waals surface area contributed by atoms with E-state index in [1.54, 1.807) is 31.2 Å². The van der Waals surface area contributed by atoms with Crippen molar-refractivity contribution in [1.82, 2.24) is 0 Å². The normalized spacial score (nSPS) is 12.2. The van der Waals surface area contributed by atoms with E-state index in [4.69, 9.17) is 14.7 Å². The number of hydrogen-bond donors (Lipinski definition) is 1. The Morgan fingerprint density at radius 1 is 1.31 bits per heavy atom. The number of nitrogens with zero attached hydrogens (tertiary/aromatic N) is 1. The topological polar surface area (TPSA) is 88.4 Å². The van der Waals surface area contributed by atoms with Gasteiger partial charge in [0, 0.05) is 4.88 Å². The van der Waals surface area contributed by atoms with Crippen molar-refractivity contribution in [2.24, 2.45) is 0 Å². The Balaban J connectivity index is 1.72. The summed E-state index contributed by atoms with van der Waals surface area (Å²) in [5, 5.41) is 12.3. The van der Waals surface area contributed by atoms with E-state index < -0.39 is 5.97 Å². The molecule has 7 heteroatoms. The Morgan fingerprint density at radius 3 is 2.88 bits per heavy atom. The van der Waals surface area contributed by atoms with Crippen LogP contribution < -0.4 is 10.1 Å². The van der Waals surface area contributed by atoms with Crippen molar-refractivity contribution in [3.05, 3.63) is 45.8 Å². The molecule has 1 heterocycles. The molecule has 1 aliphatic carbocycles. The van der Waals surface area contributed by atoms with Crippen LogP contribution in [0.2, 0.25) is 0 Å². The molecule has 6 nitrogen and oxygen atoms in total. The average molecular weight is 370 g/mol. The SMILES string of the molecule is CCOC(=O)c1c(NC(=O)COc2ccccc2C#N)sc2c1CCC2. The third-order valence-corrected chi connectivity index (χ3v) is 5.23. The van der Waals surface area contributed by atoms with Crippen molar-refractivity contribution >= 4 is 28.2 Å². The number of rotatable bonds is 6. The van der Waals surface area contributed by atoms with Gasteiger partial charge in [-0.1, -0.05) is 12.1 Å². The minimum absolute atomic E-state index is 0.247. The summed E-state index contributed by atoms with van der Waals surface area (Å²) in [5.41, 5.74) is 1.82. The minimum Gasteiger partial charge on any atom is -0.482 e. The molecule has 0 atom stereocenters. The predicted molar refractivity (Wildman–Crippen MR) is 97.6 cm³/mol. The molecule has 26 heavy (non-hydrogen) atoms. The highest BCUT2D eigenvalue weighted by Crippen LogP contribution is 2.39. The largest absolute Gasteiger partial charge is 0.482 e. The number of fused-ring (bicyclic) bond motifs is 1. The number of carbonyl (C=O) groups excluding carboxylic acids is 2. The van der Waals surface area contributed by atoms with Crippen LogP contribution in [0, 0.1) is 11.3 Å². The van der Waals surface area contributed by atoms with Gasteiger partial charge < -0.3 is 14.8 Å². The number of anilines is 1. The lowest BCUT2D eigenvalue weighted by Crippen LogP contribution is -2.21. The fourth-order valence-corrected chi connectivity index (χ4v) is 4.20. The van der Waals surface area contributed by atoms with Crippen LogP contribution in [0.1, 0.15) is 39.7 Å². The van der Waals surface area contributed by atoms with E-state index in [-0.39, 0.29) is 19.1 Å². The van der Waals surface area contributed by atoms with E-state index in [0.29, 0.717) is 21.9 Å². The highest BCUT2D eigenvalue weighted by Gasteiger charge is 2.28. The fraction of sp³-hybridized carbons (Fsp3) is 0.316. The molecule has 2 aromatic rings. The monoisotopic (exact) mass is 370 g/mol. The second-order valence-electron chi connectivity index (χ2n) is 5.73. The molecule has 0 spiro atoms. The minimum atomic E-state index is -0.405. The van der Waals surface area contributed by atoms with Gasteiger partial charge in [0.2, 0.25) is 0 Å². The average Bonchev–Trinajstić information content (AvgIpc) is 3.21. The van der Waals surface area contributed by atoms with Crippen molar-refractivity contribution in [1.29, 1.82) is 5.26 Å². The Kier molecular flexibility index (Phi) is 5.54. The number of hydrogen-bond acceptors (Lipinski definition) is 6. The molecule has 1 amide bonds. The summed E-state index contributed by atoms with van der Waals surface area (Å²) in [6, 6.07) is 8.73. The van der Waals surface area contributed by atoms with Crippen molar-refractivity contribution in [2.45, 2.75) is 26.2 Å². The number of ether oxygens (including phenoxy) is 2. The number of nitrogens with one attached hydrogen (secondary N) is 1. The molecule has 1 aromatic carbocycles. The first-order valence-electron chi connectivity index (χ1n) is 8.37. The van der Waals surface area contributed by atoms with Crippen LogP contribution in [0.15, 0.2) is 24.3 Å². The lowest BCUT2D eigenvalue weighted by Gasteiger charge is -2.09. The van der Waals surface area contributed by atoms with Gasteiger partial charge in [0.25, 0.3) is 5.91 Å². The van der Waals surface area contributed by atoms with Crippen LogP contribution in [0.5, 0.6) is 5.75 Å². The summed E-state index contributed by atoms with van der Waals surface area (Å²) in [4.78, 5) is 25.7. The summed E-state index contributed by atoms with van der Waals surface area (Å²) in [5.74, 6) is -0.439. The Labute approximate surface area is 155 Å². The second kappa shape index (κ2) is 8.02. The van der Waals surface area contributed by atoms with Gasteiger partial charge in [-0.2, -0.15) is 5.26 Å². The number of carbonyl (C=O) groups is 2. The molecular weight excluding hydrogens is 352 g/mol.